The van der Waals surface area contributed by atoms with Crippen molar-refractivity contribution in [1.29, 1.82) is 0 Å². The van der Waals surface area contributed by atoms with Crippen molar-refractivity contribution >= 4 is 45.6 Å². The number of hydrogen-bond acceptors (Lipinski definition) is 5. The number of carbonyl (C=O) groups excluding carboxylic acids is 3. The molecule has 1 aliphatic rings. The average molecular weight is 459 g/mol. The van der Waals surface area contributed by atoms with E-state index in [1.807, 2.05) is 18.2 Å². The molecule has 1 aliphatic heterocycles. The van der Waals surface area contributed by atoms with Crippen molar-refractivity contribution in [3.63, 3.8) is 0 Å². The first-order chi connectivity index (χ1) is 14.1. The van der Waals surface area contributed by atoms with E-state index in [9.17, 15) is 14.4 Å². The number of hydrazone groups is 1. The van der Waals surface area contributed by atoms with Gasteiger partial charge in [-0.15, -0.1) is 0 Å². The zero-order chi connectivity index (χ0) is 20.6. The molecule has 1 saturated heterocycles. The van der Waals surface area contributed by atoms with Gasteiger partial charge < -0.3 is 15.0 Å². The molecule has 1 heterocycles. The summed E-state index contributed by atoms with van der Waals surface area (Å²) in [4.78, 5) is 38.6. The van der Waals surface area contributed by atoms with Gasteiger partial charge >= 0.3 is 11.8 Å². The second-order valence-corrected chi connectivity index (χ2v) is 6.98. The van der Waals surface area contributed by atoms with Crippen molar-refractivity contribution in [1.82, 2.24) is 10.3 Å². The maximum absolute atomic E-state index is 12.7. The minimum absolute atomic E-state index is 0.225. The number of nitrogens with one attached hydrogen (secondary N) is 2. The normalized spacial score (nSPS) is 13.9. The summed E-state index contributed by atoms with van der Waals surface area (Å²) >= 11 is 3.36. The maximum Gasteiger partial charge on any atom is 0.329 e. The molecule has 0 atom stereocenters. The number of amides is 3. The summed E-state index contributed by atoms with van der Waals surface area (Å²) in [5.41, 5.74) is 3.50. The highest BCUT2D eigenvalue weighted by atomic mass is 79.9. The summed E-state index contributed by atoms with van der Waals surface area (Å²) in [5.74, 6) is -2.09. The molecule has 8 nitrogen and oxygen atoms in total. The van der Waals surface area contributed by atoms with E-state index in [0.29, 0.717) is 31.9 Å². The lowest BCUT2D eigenvalue weighted by Gasteiger charge is -2.27. The Morgan fingerprint density at radius 3 is 2.45 bits per heavy atom. The van der Waals surface area contributed by atoms with Gasteiger partial charge in [-0.3, -0.25) is 14.4 Å². The quantitative estimate of drug-likeness (QED) is 0.415. The first-order valence-electron chi connectivity index (χ1n) is 8.91. The fourth-order valence-corrected chi connectivity index (χ4v) is 3.07. The molecule has 3 amide bonds. The molecule has 150 valence electrons. The smallest absolute Gasteiger partial charge is 0.329 e. The second-order valence-electron chi connectivity index (χ2n) is 6.12. The van der Waals surface area contributed by atoms with E-state index < -0.39 is 11.8 Å². The van der Waals surface area contributed by atoms with E-state index in [-0.39, 0.29) is 11.6 Å². The van der Waals surface area contributed by atoms with E-state index in [0.717, 1.165) is 10.0 Å². The SMILES string of the molecule is O=C(N/N=C/c1ccccc1Br)C(=O)Nc1ccccc1C(=O)N1CCOCC1. The molecule has 9 heteroatoms. The van der Waals surface area contributed by atoms with Crippen LogP contribution in [-0.4, -0.2) is 55.1 Å². The van der Waals surface area contributed by atoms with Gasteiger partial charge in [0.15, 0.2) is 0 Å². The predicted octanol–water partition coefficient (Wildman–Crippen LogP) is 2.01. The predicted molar refractivity (Wildman–Crippen MR) is 112 cm³/mol. The van der Waals surface area contributed by atoms with Crippen LogP contribution < -0.4 is 10.7 Å². The molecule has 2 aromatic carbocycles. The number of rotatable bonds is 4. The largest absolute Gasteiger partial charge is 0.378 e. The van der Waals surface area contributed by atoms with Crippen molar-refractivity contribution in [3.05, 3.63) is 64.1 Å². The first-order valence-corrected chi connectivity index (χ1v) is 9.70. The Hall–Kier alpha value is -3.04. The lowest BCUT2D eigenvalue weighted by Crippen LogP contribution is -2.41. The Bertz CT molecular complexity index is 942. The van der Waals surface area contributed by atoms with Crippen LogP contribution in [0.1, 0.15) is 15.9 Å². The van der Waals surface area contributed by atoms with E-state index in [1.165, 1.54) is 6.21 Å². The number of anilines is 1. The van der Waals surface area contributed by atoms with Gasteiger partial charge in [0.05, 0.1) is 30.7 Å². The van der Waals surface area contributed by atoms with Crippen LogP contribution >= 0.6 is 15.9 Å². The van der Waals surface area contributed by atoms with Gasteiger partial charge in [-0.2, -0.15) is 5.10 Å². The van der Waals surface area contributed by atoms with E-state index in [2.05, 4.69) is 31.8 Å². The molecule has 0 spiro atoms. The zero-order valence-corrected chi connectivity index (χ0v) is 17.0. The van der Waals surface area contributed by atoms with Crippen molar-refractivity contribution < 1.29 is 19.1 Å². The molecule has 0 unspecified atom stereocenters. The summed E-state index contributed by atoms with van der Waals surface area (Å²) < 4.78 is 6.06. The molecule has 0 radical (unpaired) electrons. The number of hydrogen-bond donors (Lipinski definition) is 2. The Morgan fingerprint density at radius 2 is 1.69 bits per heavy atom. The highest BCUT2D eigenvalue weighted by Crippen LogP contribution is 2.18. The molecule has 1 fully saturated rings. The molecule has 2 N–H and O–H groups in total. The van der Waals surface area contributed by atoms with Gasteiger partial charge in [0.25, 0.3) is 5.91 Å². The highest BCUT2D eigenvalue weighted by molar-refractivity contribution is 9.10. The van der Waals surface area contributed by atoms with Crippen LogP contribution in [0.25, 0.3) is 0 Å². The molecule has 0 aromatic heterocycles. The fourth-order valence-electron chi connectivity index (χ4n) is 2.69. The average Bonchev–Trinajstić information content (AvgIpc) is 2.75. The van der Waals surface area contributed by atoms with Crippen LogP contribution in [0.4, 0.5) is 5.69 Å². The van der Waals surface area contributed by atoms with Crippen molar-refractivity contribution in [2.75, 3.05) is 31.6 Å². The number of ether oxygens (including phenoxy) is 1. The number of halogens is 1. The van der Waals surface area contributed by atoms with Crippen molar-refractivity contribution in [2.45, 2.75) is 0 Å². The van der Waals surface area contributed by atoms with Gasteiger partial charge in [0.1, 0.15) is 0 Å². The molecule has 2 aromatic rings. The minimum Gasteiger partial charge on any atom is -0.378 e. The molecule has 0 aliphatic carbocycles. The summed E-state index contributed by atoms with van der Waals surface area (Å²) in [7, 11) is 0. The molecular weight excluding hydrogens is 440 g/mol. The molecular formula is C20H19BrN4O4. The Kier molecular flexibility index (Phi) is 7.09. The van der Waals surface area contributed by atoms with Gasteiger partial charge in [0, 0.05) is 23.1 Å². The van der Waals surface area contributed by atoms with Gasteiger partial charge in [-0.05, 0) is 18.2 Å². The molecule has 0 saturated carbocycles. The monoisotopic (exact) mass is 458 g/mol. The van der Waals surface area contributed by atoms with Crippen LogP contribution in [0.2, 0.25) is 0 Å². The number of benzene rings is 2. The number of nitrogens with zero attached hydrogens (tertiary/aromatic N) is 2. The lowest BCUT2D eigenvalue weighted by atomic mass is 10.1. The van der Waals surface area contributed by atoms with Crippen LogP contribution in [0.5, 0.6) is 0 Å². The summed E-state index contributed by atoms with van der Waals surface area (Å²) in [6, 6.07) is 13.9. The number of morpholine rings is 1. The topological polar surface area (TPSA) is 100 Å². The maximum atomic E-state index is 12.7. The third-order valence-electron chi connectivity index (χ3n) is 4.19. The van der Waals surface area contributed by atoms with Gasteiger partial charge in [-0.1, -0.05) is 46.3 Å². The minimum atomic E-state index is -0.943. The third kappa shape index (κ3) is 5.49. The Balaban J connectivity index is 1.63. The fraction of sp³-hybridized carbons (Fsp3) is 0.200. The van der Waals surface area contributed by atoms with Crippen molar-refractivity contribution in [3.8, 4) is 0 Å². The Labute approximate surface area is 176 Å². The van der Waals surface area contributed by atoms with Gasteiger partial charge in [0.2, 0.25) is 0 Å². The van der Waals surface area contributed by atoms with Crippen LogP contribution in [-0.2, 0) is 14.3 Å². The summed E-state index contributed by atoms with van der Waals surface area (Å²) in [6.07, 6.45) is 1.42. The highest BCUT2D eigenvalue weighted by Gasteiger charge is 2.22. The molecule has 0 bridgehead atoms. The van der Waals surface area contributed by atoms with Crippen LogP contribution in [0.3, 0.4) is 0 Å². The van der Waals surface area contributed by atoms with Crippen LogP contribution in [0, 0.1) is 0 Å². The third-order valence-corrected chi connectivity index (χ3v) is 4.91. The lowest BCUT2D eigenvalue weighted by molar-refractivity contribution is -0.136. The van der Waals surface area contributed by atoms with E-state index in [1.54, 1.807) is 35.2 Å². The summed E-state index contributed by atoms with van der Waals surface area (Å²) in [5, 5.41) is 6.27. The first kappa shape index (κ1) is 20.7. The standard InChI is InChI=1S/C20H19BrN4O4/c21-16-7-3-1-5-14(16)13-22-24-19(27)18(26)23-17-8-4-2-6-15(17)20(28)25-9-11-29-12-10-25/h1-8,13H,9-12H2,(H,23,26)(H,24,27)/b22-13+. The van der Waals surface area contributed by atoms with Gasteiger partial charge in [-0.25, -0.2) is 5.43 Å². The van der Waals surface area contributed by atoms with Crippen molar-refractivity contribution in [2.24, 2.45) is 5.10 Å². The molecule has 3 rings (SSSR count). The Morgan fingerprint density at radius 1 is 1.00 bits per heavy atom. The van der Waals surface area contributed by atoms with E-state index in [4.69, 9.17) is 4.74 Å². The number of para-hydroxylation sites is 1. The summed E-state index contributed by atoms with van der Waals surface area (Å²) in [6.45, 7) is 1.90. The number of carbonyl (C=O) groups is 3. The second kappa shape index (κ2) is 9.94. The zero-order valence-electron chi connectivity index (χ0n) is 15.4. The van der Waals surface area contributed by atoms with E-state index >= 15 is 0 Å². The van der Waals surface area contributed by atoms with Crippen LogP contribution in [0.15, 0.2) is 58.1 Å². The molecule has 29 heavy (non-hydrogen) atoms.